The van der Waals surface area contributed by atoms with Crippen molar-refractivity contribution in [1.29, 1.82) is 0 Å². The van der Waals surface area contributed by atoms with Crippen molar-refractivity contribution in [2.75, 3.05) is 21.3 Å². The maximum absolute atomic E-state index is 13.7. The molecule has 0 radical (unpaired) electrons. The summed E-state index contributed by atoms with van der Waals surface area (Å²) in [6, 6.07) is 7.44. The van der Waals surface area contributed by atoms with Gasteiger partial charge in [-0.3, -0.25) is 8.98 Å². The third kappa shape index (κ3) is 11.8. The van der Waals surface area contributed by atoms with Crippen LogP contribution in [0.1, 0.15) is 59.1 Å². The van der Waals surface area contributed by atoms with Gasteiger partial charge < -0.3 is 34.3 Å². The van der Waals surface area contributed by atoms with Gasteiger partial charge in [0.1, 0.15) is 34.5 Å². The van der Waals surface area contributed by atoms with Crippen LogP contribution in [0.3, 0.4) is 0 Å². The highest BCUT2D eigenvalue weighted by Crippen LogP contribution is 2.34. The second kappa shape index (κ2) is 15.3. The molecule has 0 saturated heterocycles. The molecule has 0 unspecified atom stereocenters. The fraction of sp³-hybridized carbons (Fsp3) is 0.516. The van der Waals surface area contributed by atoms with Gasteiger partial charge in [-0.15, -0.1) is 0 Å². The van der Waals surface area contributed by atoms with E-state index in [0.29, 0.717) is 22.8 Å². The van der Waals surface area contributed by atoms with Crippen molar-refractivity contribution in [1.82, 2.24) is 10.6 Å². The minimum Gasteiger partial charge on any atom is -0.496 e. The van der Waals surface area contributed by atoms with Crippen LogP contribution in [0.25, 0.3) is 0 Å². The molecule has 2 aromatic carbocycles. The van der Waals surface area contributed by atoms with E-state index in [1.54, 1.807) is 72.7 Å². The number of hydrogen-bond acceptors (Lipinski definition) is 11. The Labute approximate surface area is 265 Å². The van der Waals surface area contributed by atoms with Crippen molar-refractivity contribution in [2.24, 2.45) is 0 Å². The molecule has 0 aliphatic rings. The average Bonchev–Trinajstić information content (AvgIpc) is 2.92. The number of amides is 2. The highest BCUT2D eigenvalue weighted by Gasteiger charge is 2.36. The molecule has 0 spiro atoms. The van der Waals surface area contributed by atoms with Crippen molar-refractivity contribution < 1.29 is 50.7 Å². The van der Waals surface area contributed by atoms with Crippen LogP contribution in [0.15, 0.2) is 41.3 Å². The summed E-state index contributed by atoms with van der Waals surface area (Å²) in [7, 11) is -0.207. The number of methoxy groups -OCH3 is 3. The van der Waals surface area contributed by atoms with Gasteiger partial charge in [-0.25, -0.2) is 9.59 Å². The van der Waals surface area contributed by atoms with Crippen LogP contribution < -0.4 is 24.8 Å². The number of rotatable bonds is 13. The molecule has 14 heteroatoms. The second-order valence-electron chi connectivity index (χ2n) is 12.0. The Balaban J connectivity index is 2.50. The molecule has 2 atom stereocenters. The van der Waals surface area contributed by atoms with Crippen molar-refractivity contribution >= 4 is 28.1 Å². The molecule has 0 heterocycles. The third-order valence-corrected chi connectivity index (χ3v) is 7.27. The zero-order valence-electron chi connectivity index (χ0n) is 27.4. The molecule has 0 aliphatic carbocycles. The largest absolute Gasteiger partial charge is 0.496 e. The smallest absolute Gasteiger partial charge is 0.408 e. The van der Waals surface area contributed by atoms with Gasteiger partial charge in [0, 0.05) is 18.6 Å². The lowest BCUT2D eigenvalue weighted by molar-refractivity contribution is -0.158. The van der Waals surface area contributed by atoms with E-state index in [9.17, 15) is 22.8 Å². The molecule has 250 valence electrons. The van der Waals surface area contributed by atoms with Crippen LogP contribution in [0.2, 0.25) is 0 Å². The summed E-state index contributed by atoms with van der Waals surface area (Å²) in [6.45, 7) is 11.3. The first kappa shape index (κ1) is 37.1. The van der Waals surface area contributed by atoms with Crippen LogP contribution in [0.5, 0.6) is 17.2 Å². The van der Waals surface area contributed by atoms with E-state index in [0.717, 1.165) is 5.56 Å². The monoisotopic (exact) mass is 652 g/mol. The number of nitrogens with one attached hydrogen (secondary N) is 2. The van der Waals surface area contributed by atoms with E-state index in [-0.39, 0.29) is 11.4 Å². The Kier molecular flexibility index (Phi) is 12.6. The second-order valence-corrected chi connectivity index (χ2v) is 13.6. The molecule has 0 fully saturated rings. The summed E-state index contributed by atoms with van der Waals surface area (Å²) in [5.74, 6) is -0.743. The zero-order chi connectivity index (χ0) is 34.2. The van der Waals surface area contributed by atoms with Crippen LogP contribution in [0, 0.1) is 6.92 Å². The van der Waals surface area contributed by atoms with Gasteiger partial charge in [-0.2, -0.15) is 8.42 Å². The van der Waals surface area contributed by atoms with Crippen molar-refractivity contribution in [3.63, 3.8) is 0 Å². The number of ether oxygens (including phenoxy) is 5. The Morgan fingerprint density at radius 2 is 1.36 bits per heavy atom. The Bertz CT molecular complexity index is 1420. The molecular formula is C31H44N2O11S. The van der Waals surface area contributed by atoms with Crippen molar-refractivity contribution in [3.05, 3.63) is 47.5 Å². The normalized spacial score (nSPS) is 13.2. The van der Waals surface area contributed by atoms with Gasteiger partial charge in [-0.05, 0) is 60.6 Å². The van der Waals surface area contributed by atoms with E-state index in [1.807, 2.05) is 0 Å². The van der Waals surface area contributed by atoms with Crippen molar-refractivity contribution in [3.8, 4) is 17.2 Å². The number of hydrogen-bond donors (Lipinski definition) is 2. The first-order chi connectivity index (χ1) is 20.8. The quantitative estimate of drug-likeness (QED) is 0.237. The summed E-state index contributed by atoms with van der Waals surface area (Å²) >= 11 is 0. The Morgan fingerprint density at radius 1 is 0.822 bits per heavy atom. The Hall–Kier alpha value is -4.04. The number of alkyl carbamates (subject to hydrolysis) is 1. The van der Waals surface area contributed by atoms with Gasteiger partial charge in [0.2, 0.25) is 0 Å². The fourth-order valence-corrected chi connectivity index (χ4v) is 4.95. The lowest BCUT2D eigenvalue weighted by Crippen LogP contribution is -2.50. The standard InChI is InChI=1S/C31H44N2O11S/c1-19-11-13-21(14-12-19)45(37,38)44-26(17-23(28(35)42-30(2,3)4)33-29(36)43-31(5,6)7)27(34)32-18-22-24(40-9)15-20(39-8)16-25(22)41-10/h11-16,23,26H,17-18H2,1-10H3,(H,32,34)(H,33,36)/t23-,26+/m1/s1. The molecule has 2 aromatic rings. The maximum atomic E-state index is 13.7. The topological polar surface area (TPSA) is 165 Å². The predicted molar refractivity (Wildman–Crippen MR) is 165 cm³/mol. The highest BCUT2D eigenvalue weighted by atomic mass is 32.2. The molecule has 45 heavy (non-hydrogen) atoms. The third-order valence-electron chi connectivity index (χ3n) is 5.93. The van der Waals surface area contributed by atoms with Crippen LogP contribution in [0.4, 0.5) is 4.79 Å². The maximum Gasteiger partial charge on any atom is 0.408 e. The van der Waals surface area contributed by atoms with E-state index in [4.69, 9.17) is 27.9 Å². The molecule has 0 saturated carbocycles. The molecular weight excluding hydrogens is 608 g/mol. The molecule has 0 aliphatic heterocycles. The zero-order valence-corrected chi connectivity index (χ0v) is 28.2. The number of benzene rings is 2. The highest BCUT2D eigenvalue weighted by molar-refractivity contribution is 7.86. The van der Waals surface area contributed by atoms with Gasteiger partial charge in [0.15, 0.2) is 6.10 Å². The van der Waals surface area contributed by atoms with E-state index < -0.39 is 57.9 Å². The van der Waals surface area contributed by atoms with Crippen molar-refractivity contribution in [2.45, 2.75) is 89.7 Å². The average molecular weight is 653 g/mol. The molecule has 13 nitrogen and oxygen atoms in total. The molecule has 2 rings (SSSR count). The minimum atomic E-state index is -4.53. The molecule has 2 N–H and O–H groups in total. The first-order valence-corrected chi connectivity index (χ1v) is 15.5. The molecule has 2 amide bonds. The summed E-state index contributed by atoms with van der Waals surface area (Å²) < 4.78 is 58.9. The van der Waals surface area contributed by atoms with E-state index in [1.165, 1.54) is 33.5 Å². The SMILES string of the molecule is COc1cc(OC)c(CNC(=O)[C@H](C[C@@H](NC(=O)OC(C)(C)C)C(=O)OC(C)(C)C)OS(=O)(=O)c2ccc(C)cc2)c(OC)c1. The van der Waals surface area contributed by atoms with Crippen LogP contribution in [-0.4, -0.2) is 71.1 Å². The van der Waals surface area contributed by atoms with Gasteiger partial charge in [-0.1, -0.05) is 17.7 Å². The Morgan fingerprint density at radius 3 is 1.82 bits per heavy atom. The number of esters is 1. The lowest BCUT2D eigenvalue weighted by atomic mass is 10.1. The van der Waals surface area contributed by atoms with Gasteiger partial charge in [0.25, 0.3) is 16.0 Å². The summed E-state index contributed by atoms with van der Waals surface area (Å²) in [5.41, 5.74) is -0.665. The molecule has 0 aromatic heterocycles. The van der Waals surface area contributed by atoms with Gasteiger partial charge in [0.05, 0.1) is 38.3 Å². The number of carbonyl (C=O) groups excluding carboxylic acids is 3. The predicted octanol–water partition coefficient (Wildman–Crippen LogP) is 4.04. The fourth-order valence-electron chi connectivity index (χ4n) is 3.90. The van der Waals surface area contributed by atoms with Gasteiger partial charge >= 0.3 is 12.1 Å². The number of carbonyl (C=O) groups is 3. The summed E-state index contributed by atoms with van der Waals surface area (Å²) in [4.78, 5) is 39.4. The number of aryl methyl sites for hydroxylation is 1. The van der Waals surface area contributed by atoms with E-state index >= 15 is 0 Å². The lowest BCUT2D eigenvalue weighted by Gasteiger charge is -2.28. The van der Waals surface area contributed by atoms with Crippen LogP contribution in [-0.2, 0) is 39.9 Å². The van der Waals surface area contributed by atoms with Crippen LogP contribution >= 0.6 is 0 Å². The first-order valence-electron chi connectivity index (χ1n) is 14.1. The van der Waals surface area contributed by atoms with E-state index in [2.05, 4.69) is 10.6 Å². The molecule has 0 bridgehead atoms. The summed E-state index contributed by atoms with van der Waals surface area (Å²) in [5, 5.41) is 5.02. The summed E-state index contributed by atoms with van der Waals surface area (Å²) in [6.07, 6.45) is -3.41. The minimum absolute atomic E-state index is 0.184.